The summed E-state index contributed by atoms with van der Waals surface area (Å²) in [5, 5.41) is 2.82. The average Bonchev–Trinajstić information content (AvgIpc) is 2.28. The monoisotopic (exact) mass is 221 g/mol. The van der Waals surface area contributed by atoms with Gasteiger partial charge in [0.1, 0.15) is 0 Å². The molecule has 0 heterocycles. The number of hydrogen-bond donors (Lipinski definition) is 2. The SMILES string of the molecule is CCCNC(=O)N(C)Cc1ccccc1N. The quantitative estimate of drug-likeness (QED) is 0.762. The lowest BCUT2D eigenvalue weighted by Crippen LogP contribution is -2.37. The lowest BCUT2D eigenvalue weighted by molar-refractivity contribution is 0.207. The van der Waals surface area contributed by atoms with Gasteiger partial charge >= 0.3 is 6.03 Å². The molecule has 0 aliphatic rings. The highest BCUT2D eigenvalue weighted by molar-refractivity contribution is 5.74. The first-order chi connectivity index (χ1) is 7.65. The van der Waals surface area contributed by atoms with Gasteiger partial charge in [-0.25, -0.2) is 4.79 Å². The first kappa shape index (κ1) is 12.4. The van der Waals surface area contributed by atoms with Gasteiger partial charge in [0.05, 0.1) is 0 Å². The highest BCUT2D eigenvalue weighted by atomic mass is 16.2. The van der Waals surface area contributed by atoms with Crippen LogP contribution >= 0.6 is 0 Å². The van der Waals surface area contributed by atoms with Crippen molar-refractivity contribution in [3.05, 3.63) is 29.8 Å². The van der Waals surface area contributed by atoms with Gasteiger partial charge in [0, 0.05) is 25.8 Å². The molecule has 1 rings (SSSR count). The molecule has 0 spiro atoms. The third-order valence-corrected chi connectivity index (χ3v) is 2.34. The number of amides is 2. The van der Waals surface area contributed by atoms with Crippen LogP contribution in [0.25, 0.3) is 0 Å². The van der Waals surface area contributed by atoms with Gasteiger partial charge in [0.25, 0.3) is 0 Å². The molecule has 4 heteroatoms. The van der Waals surface area contributed by atoms with E-state index in [-0.39, 0.29) is 6.03 Å². The number of nitrogens with two attached hydrogens (primary N) is 1. The van der Waals surface area contributed by atoms with Crippen LogP contribution in [0.2, 0.25) is 0 Å². The van der Waals surface area contributed by atoms with Gasteiger partial charge in [-0.15, -0.1) is 0 Å². The molecular formula is C12H19N3O. The minimum absolute atomic E-state index is 0.0647. The summed E-state index contributed by atoms with van der Waals surface area (Å²) in [6, 6.07) is 7.51. The number of carbonyl (C=O) groups is 1. The lowest BCUT2D eigenvalue weighted by atomic mass is 10.2. The first-order valence-electron chi connectivity index (χ1n) is 5.47. The van der Waals surface area contributed by atoms with Gasteiger partial charge in [-0.05, 0) is 18.1 Å². The smallest absolute Gasteiger partial charge is 0.317 e. The zero-order valence-corrected chi connectivity index (χ0v) is 9.86. The van der Waals surface area contributed by atoms with Gasteiger partial charge in [-0.2, -0.15) is 0 Å². The molecule has 4 nitrogen and oxygen atoms in total. The largest absolute Gasteiger partial charge is 0.398 e. The van der Waals surface area contributed by atoms with Crippen molar-refractivity contribution in [3.63, 3.8) is 0 Å². The van der Waals surface area contributed by atoms with Crippen molar-refractivity contribution in [2.75, 3.05) is 19.3 Å². The summed E-state index contributed by atoms with van der Waals surface area (Å²) >= 11 is 0. The Kier molecular flexibility index (Phi) is 4.64. The predicted molar refractivity (Wildman–Crippen MR) is 66.0 cm³/mol. The number of urea groups is 1. The highest BCUT2D eigenvalue weighted by Gasteiger charge is 2.08. The standard InChI is InChI=1S/C12H19N3O/c1-3-8-14-12(16)15(2)9-10-6-4-5-7-11(10)13/h4-7H,3,8-9,13H2,1-2H3,(H,14,16). The van der Waals surface area contributed by atoms with Gasteiger partial charge < -0.3 is 16.0 Å². The predicted octanol–water partition coefficient (Wildman–Crippen LogP) is 1.82. The van der Waals surface area contributed by atoms with Crippen molar-refractivity contribution >= 4 is 11.7 Å². The molecule has 16 heavy (non-hydrogen) atoms. The number of nitrogens with one attached hydrogen (secondary N) is 1. The molecule has 0 saturated heterocycles. The van der Waals surface area contributed by atoms with Crippen LogP contribution in [0.15, 0.2) is 24.3 Å². The van der Waals surface area contributed by atoms with Crippen LogP contribution in [0.1, 0.15) is 18.9 Å². The number of hydrogen-bond acceptors (Lipinski definition) is 2. The van der Waals surface area contributed by atoms with Gasteiger partial charge in [0.15, 0.2) is 0 Å². The fourth-order valence-electron chi connectivity index (χ4n) is 1.37. The van der Waals surface area contributed by atoms with Crippen LogP contribution in [0.3, 0.4) is 0 Å². The lowest BCUT2D eigenvalue weighted by Gasteiger charge is -2.18. The molecule has 0 saturated carbocycles. The van der Waals surface area contributed by atoms with Crippen LogP contribution in [0, 0.1) is 0 Å². The molecule has 1 aromatic carbocycles. The fraction of sp³-hybridized carbons (Fsp3) is 0.417. The summed E-state index contributed by atoms with van der Waals surface area (Å²) in [5.41, 5.74) is 7.50. The normalized spacial score (nSPS) is 9.88. The number of carbonyl (C=O) groups excluding carboxylic acids is 1. The zero-order chi connectivity index (χ0) is 12.0. The van der Waals surface area contributed by atoms with E-state index in [1.165, 1.54) is 0 Å². The van der Waals surface area contributed by atoms with Crippen molar-refractivity contribution in [1.82, 2.24) is 10.2 Å². The Labute approximate surface area is 96.4 Å². The zero-order valence-electron chi connectivity index (χ0n) is 9.86. The number of nitrogen functional groups attached to an aromatic ring is 1. The molecule has 1 aromatic rings. The fourth-order valence-corrected chi connectivity index (χ4v) is 1.37. The Hall–Kier alpha value is -1.71. The summed E-state index contributed by atoms with van der Waals surface area (Å²) in [4.78, 5) is 13.2. The highest BCUT2D eigenvalue weighted by Crippen LogP contribution is 2.12. The Morgan fingerprint density at radius 1 is 1.44 bits per heavy atom. The van der Waals surface area contributed by atoms with Crippen molar-refractivity contribution < 1.29 is 4.79 Å². The van der Waals surface area contributed by atoms with E-state index in [1.54, 1.807) is 11.9 Å². The first-order valence-corrected chi connectivity index (χ1v) is 5.47. The molecule has 0 bridgehead atoms. The molecule has 0 aliphatic heterocycles. The van der Waals surface area contributed by atoms with E-state index in [9.17, 15) is 4.79 Å². The summed E-state index contributed by atoms with van der Waals surface area (Å²) < 4.78 is 0. The summed E-state index contributed by atoms with van der Waals surface area (Å²) in [5.74, 6) is 0. The molecule has 0 atom stereocenters. The Morgan fingerprint density at radius 2 is 2.12 bits per heavy atom. The van der Waals surface area contributed by atoms with Crippen LogP contribution in [0.4, 0.5) is 10.5 Å². The maximum atomic E-state index is 11.6. The topological polar surface area (TPSA) is 58.4 Å². The van der Waals surface area contributed by atoms with Gasteiger partial charge in [0.2, 0.25) is 0 Å². The molecule has 88 valence electrons. The molecule has 3 N–H and O–H groups in total. The maximum absolute atomic E-state index is 11.6. The van der Waals surface area contributed by atoms with E-state index in [1.807, 2.05) is 31.2 Å². The second-order valence-corrected chi connectivity index (χ2v) is 3.79. The van der Waals surface area contributed by atoms with Crippen molar-refractivity contribution in [2.24, 2.45) is 0 Å². The Morgan fingerprint density at radius 3 is 2.75 bits per heavy atom. The van der Waals surface area contributed by atoms with E-state index in [4.69, 9.17) is 5.73 Å². The summed E-state index contributed by atoms with van der Waals surface area (Å²) in [6.07, 6.45) is 0.938. The third kappa shape index (κ3) is 3.46. The number of nitrogens with zero attached hydrogens (tertiary/aromatic N) is 1. The number of para-hydroxylation sites is 1. The van der Waals surface area contributed by atoms with E-state index in [2.05, 4.69) is 5.32 Å². The summed E-state index contributed by atoms with van der Waals surface area (Å²) in [7, 11) is 1.76. The van der Waals surface area contributed by atoms with Crippen LogP contribution in [-0.2, 0) is 6.54 Å². The van der Waals surface area contributed by atoms with E-state index >= 15 is 0 Å². The summed E-state index contributed by atoms with van der Waals surface area (Å²) in [6.45, 7) is 3.26. The maximum Gasteiger partial charge on any atom is 0.317 e. The van der Waals surface area contributed by atoms with Crippen LogP contribution in [0.5, 0.6) is 0 Å². The minimum atomic E-state index is -0.0647. The molecular weight excluding hydrogens is 202 g/mol. The van der Waals surface area contributed by atoms with Crippen molar-refractivity contribution in [2.45, 2.75) is 19.9 Å². The van der Waals surface area contributed by atoms with E-state index in [0.717, 1.165) is 17.7 Å². The third-order valence-electron chi connectivity index (χ3n) is 2.34. The number of rotatable bonds is 4. The second kappa shape index (κ2) is 6.00. The van der Waals surface area contributed by atoms with E-state index in [0.29, 0.717) is 13.1 Å². The molecule has 0 radical (unpaired) electrons. The molecule has 0 unspecified atom stereocenters. The molecule has 0 fully saturated rings. The van der Waals surface area contributed by atoms with Gasteiger partial charge in [-0.1, -0.05) is 25.1 Å². The number of benzene rings is 1. The average molecular weight is 221 g/mol. The molecule has 0 aromatic heterocycles. The molecule has 0 aliphatic carbocycles. The van der Waals surface area contributed by atoms with E-state index < -0.39 is 0 Å². The van der Waals surface area contributed by atoms with Crippen molar-refractivity contribution in [1.29, 1.82) is 0 Å². The second-order valence-electron chi connectivity index (χ2n) is 3.79. The van der Waals surface area contributed by atoms with Crippen LogP contribution in [-0.4, -0.2) is 24.5 Å². The van der Waals surface area contributed by atoms with Crippen molar-refractivity contribution in [3.8, 4) is 0 Å². The Bertz CT molecular complexity index is 352. The minimum Gasteiger partial charge on any atom is -0.398 e. The van der Waals surface area contributed by atoms with Crippen LogP contribution < -0.4 is 11.1 Å². The molecule has 2 amide bonds. The van der Waals surface area contributed by atoms with Gasteiger partial charge in [-0.3, -0.25) is 0 Å². The Balaban J connectivity index is 2.54. The number of anilines is 1.